The van der Waals surface area contributed by atoms with E-state index in [2.05, 4.69) is 49.2 Å². The van der Waals surface area contributed by atoms with Crippen molar-refractivity contribution in [1.29, 1.82) is 0 Å². The normalized spacial score (nSPS) is 20.2. The zero-order valence-corrected chi connectivity index (χ0v) is 19.6. The Labute approximate surface area is 190 Å². The zero-order valence-electron chi connectivity index (χ0n) is 19.6. The molecule has 2 aromatic rings. The second-order valence-corrected chi connectivity index (χ2v) is 8.91. The molecule has 2 saturated heterocycles. The number of carbonyl (C=O) groups excluding carboxylic acids is 1. The van der Waals surface area contributed by atoms with Gasteiger partial charge in [-0.15, -0.1) is 0 Å². The summed E-state index contributed by atoms with van der Waals surface area (Å²) in [5.74, 6) is 1.47. The van der Waals surface area contributed by atoms with Crippen LogP contribution >= 0.6 is 0 Å². The van der Waals surface area contributed by atoms with Crippen LogP contribution in [0.1, 0.15) is 57.8 Å². The van der Waals surface area contributed by atoms with Crippen LogP contribution in [0, 0.1) is 0 Å². The molecular formula is C24H36N6O2. The number of amides is 1. The van der Waals surface area contributed by atoms with Crippen molar-refractivity contribution in [3.05, 3.63) is 36.0 Å². The maximum Gasteiger partial charge on any atom is 0.243 e. The van der Waals surface area contributed by atoms with Gasteiger partial charge in [-0.2, -0.15) is 4.98 Å². The number of hydrogen-bond acceptors (Lipinski definition) is 7. The highest BCUT2D eigenvalue weighted by molar-refractivity contribution is 5.94. The minimum Gasteiger partial charge on any atom is -0.372 e. The summed E-state index contributed by atoms with van der Waals surface area (Å²) in [5.41, 5.74) is 2.10. The lowest BCUT2D eigenvalue weighted by Gasteiger charge is -2.39. The molecule has 1 N–H and O–H groups in total. The lowest BCUT2D eigenvalue weighted by atomic mass is 10.1. The number of carbonyl (C=O) groups is 1. The molecule has 0 bridgehead atoms. The van der Waals surface area contributed by atoms with E-state index in [1.165, 1.54) is 24.9 Å². The fourth-order valence-electron chi connectivity index (χ4n) is 4.57. The molecule has 2 atom stereocenters. The SMILES string of the molecule is CCc1noc(C(C)N2CCN(C(C)C(=O)Nc3ccc(N4CCCCC4)cc3)CC2)n1. The summed E-state index contributed by atoms with van der Waals surface area (Å²) in [7, 11) is 0. The third-order valence-corrected chi connectivity index (χ3v) is 6.84. The van der Waals surface area contributed by atoms with Crippen LogP contribution in [0.15, 0.2) is 28.8 Å². The molecule has 0 spiro atoms. The van der Waals surface area contributed by atoms with Gasteiger partial charge in [-0.25, -0.2) is 0 Å². The van der Waals surface area contributed by atoms with Crippen molar-refractivity contribution in [2.24, 2.45) is 0 Å². The Morgan fingerprint density at radius 3 is 2.28 bits per heavy atom. The van der Waals surface area contributed by atoms with Gasteiger partial charge >= 0.3 is 0 Å². The van der Waals surface area contributed by atoms with Gasteiger partial charge in [-0.05, 0) is 57.4 Å². The third kappa shape index (κ3) is 5.30. The van der Waals surface area contributed by atoms with E-state index in [0.29, 0.717) is 5.89 Å². The molecule has 4 rings (SSSR count). The average molecular weight is 441 g/mol. The monoisotopic (exact) mass is 440 g/mol. The molecule has 174 valence electrons. The molecule has 2 aliphatic rings. The summed E-state index contributed by atoms with van der Waals surface area (Å²) in [6, 6.07) is 8.18. The summed E-state index contributed by atoms with van der Waals surface area (Å²) in [6.45, 7) is 11.8. The molecule has 2 fully saturated rings. The number of benzene rings is 1. The summed E-state index contributed by atoms with van der Waals surface area (Å²) in [6.07, 6.45) is 4.62. The number of aromatic nitrogens is 2. The van der Waals surface area contributed by atoms with E-state index in [1.807, 2.05) is 26.0 Å². The van der Waals surface area contributed by atoms with E-state index in [1.54, 1.807) is 0 Å². The number of piperazine rings is 1. The summed E-state index contributed by atoms with van der Waals surface area (Å²) >= 11 is 0. The largest absolute Gasteiger partial charge is 0.372 e. The van der Waals surface area contributed by atoms with E-state index in [-0.39, 0.29) is 18.0 Å². The molecule has 0 radical (unpaired) electrons. The van der Waals surface area contributed by atoms with Crippen molar-refractivity contribution in [2.75, 3.05) is 49.5 Å². The van der Waals surface area contributed by atoms with Crippen molar-refractivity contribution >= 4 is 17.3 Å². The van der Waals surface area contributed by atoms with Gasteiger partial charge < -0.3 is 14.7 Å². The van der Waals surface area contributed by atoms with Crippen LogP contribution in [0.25, 0.3) is 0 Å². The van der Waals surface area contributed by atoms with E-state index in [4.69, 9.17) is 4.52 Å². The second-order valence-electron chi connectivity index (χ2n) is 8.91. The first-order valence-corrected chi connectivity index (χ1v) is 12.0. The highest BCUT2D eigenvalue weighted by atomic mass is 16.5. The smallest absolute Gasteiger partial charge is 0.243 e. The topological polar surface area (TPSA) is 77.7 Å². The summed E-state index contributed by atoms with van der Waals surface area (Å²) < 4.78 is 5.41. The summed E-state index contributed by atoms with van der Waals surface area (Å²) in [4.78, 5) is 24.3. The molecule has 8 heteroatoms. The van der Waals surface area contributed by atoms with Crippen molar-refractivity contribution in [1.82, 2.24) is 19.9 Å². The van der Waals surface area contributed by atoms with Crippen LogP contribution in [-0.2, 0) is 11.2 Å². The van der Waals surface area contributed by atoms with Gasteiger partial charge in [-0.3, -0.25) is 14.6 Å². The van der Waals surface area contributed by atoms with Gasteiger partial charge in [0, 0.05) is 57.1 Å². The highest BCUT2D eigenvalue weighted by Gasteiger charge is 2.29. The number of anilines is 2. The Kier molecular flexibility index (Phi) is 7.42. The third-order valence-electron chi connectivity index (χ3n) is 6.84. The van der Waals surface area contributed by atoms with Crippen LogP contribution in [0.2, 0.25) is 0 Å². The van der Waals surface area contributed by atoms with E-state index in [0.717, 1.165) is 57.2 Å². The van der Waals surface area contributed by atoms with E-state index in [9.17, 15) is 4.79 Å². The lowest BCUT2D eigenvalue weighted by molar-refractivity contribution is -0.121. The van der Waals surface area contributed by atoms with E-state index < -0.39 is 0 Å². The Balaban J connectivity index is 1.26. The molecule has 1 aromatic carbocycles. The predicted molar refractivity (Wildman–Crippen MR) is 126 cm³/mol. The Bertz CT molecular complexity index is 869. The number of piperidine rings is 1. The molecule has 8 nitrogen and oxygen atoms in total. The van der Waals surface area contributed by atoms with Crippen LogP contribution < -0.4 is 10.2 Å². The molecule has 32 heavy (non-hydrogen) atoms. The molecule has 1 aromatic heterocycles. The average Bonchev–Trinajstić information content (AvgIpc) is 3.34. The van der Waals surface area contributed by atoms with Crippen molar-refractivity contribution in [3.63, 3.8) is 0 Å². The highest BCUT2D eigenvalue weighted by Crippen LogP contribution is 2.23. The van der Waals surface area contributed by atoms with Gasteiger partial charge in [-0.1, -0.05) is 12.1 Å². The number of nitrogens with one attached hydrogen (secondary N) is 1. The fraction of sp³-hybridized carbons (Fsp3) is 0.625. The fourth-order valence-corrected chi connectivity index (χ4v) is 4.57. The number of rotatable bonds is 7. The lowest BCUT2D eigenvalue weighted by Crippen LogP contribution is -2.53. The molecule has 0 aliphatic carbocycles. The van der Waals surface area contributed by atoms with Crippen LogP contribution in [0.3, 0.4) is 0 Å². The quantitative estimate of drug-likeness (QED) is 0.708. The first-order chi connectivity index (χ1) is 15.5. The minimum atomic E-state index is -0.177. The molecule has 1 amide bonds. The Hall–Kier alpha value is -2.45. The molecule has 0 saturated carbocycles. The summed E-state index contributed by atoms with van der Waals surface area (Å²) in [5, 5.41) is 7.10. The molecule has 2 unspecified atom stereocenters. The first-order valence-electron chi connectivity index (χ1n) is 12.0. The predicted octanol–water partition coefficient (Wildman–Crippen LogP) is 3.33. The van der Waals surface area contributed by atoms with Gasteiger partial charge in [0.1, 0.15) is 0 Å². The van der Waals surface area contributed by atoms with E-state index >= 15 is 0 Å². The van der Waals surface area contributed by atoms with Gasteiger partial charge in [0.05, 0.1) is 12.1 Å². The minimum absolute atomic E-state index is 0.0432. The molecule has 3 heterocycles. The molecule has 2 aliphatic heterocycles. The number of nitrogens with zero attached hydrogens (tertiary/aromatic N) is 5. The zero-order chi connectivity index (χ0) is 22.5. The van der Waals surface area contributed by atoms with Gasteiger partial charge in [0.15, 0.2) is 5.82 Å². The maximum atomic E-state index is 12.9. The Morgan fingerprint density at radius 1 is 1.00 bits per heavy atom. The van der Waals surface area contributed by atoms with Gasteiger partial charge in [0.25, 0.3) is 0 Å². The number of hydrogen-bond donors (Lipinski definition) is 1. The van der Waals surface area contributed by atoms with Crippen molar-refractivity contribution in [3.8, 4) is 0 Å². The molecular weight excluding hydrogens is 404 g/mol. The van der Waals surface area contributed by atoms with Gasteiger partial charge in [0.2, 0.25) is 11.8 Å². The van der Waals surface area contributed by atoms with Crippen molar-refractivity contribution in [2.45, 2.75) is 58.5 Å². The second kappa shape index (κ2) is 10.4. The van der Waals surface area contributed by atoms with Crippen LogP contribution in [0.4, 0.5) is 11.4 Å². The number of aryl methyl sites for hydroxylation is 1. The van der Waals surface area contributed by atoms with Crippen molar-refractivity contribution < 1.29 is 9.32 Å². The maximum absolute atomic E-state index is 12.9. The standard InChI is InChI=1S/C24H36N6O2/c1-4-22-26-24(32-27-22)19(3)29-16-14-28(15-17-29)18(2)23(31)25-20-8-10-21(11-9-20)30-12-6-5-7-13-30/h8-11,18-19H,4-7,12-17H2,1-3H3,(H,25,31). The van der Waals surface area contributed by atoms with Crippen LogP contribution in [-0.4, -0.2) is 71.2 Å². The van der Waals surface area contributed by atoms with Crippen LogP contribution in [0.5, 0.6) is 0 Å². The Morgan fingerprint density at radius 2 is 1.66 bits per heavy atom. The first kappa shape index (κ1) is 22.7.